The fraction of sp³-hybridized carbons (Fsp3) is 0.435. The lowest BCUT2D eigenvalue weighted by molar-refractivity contribution is 0.239. The molecule has 6 N–H and O–H groups in total. The normalized spacial score (nSPS) is 13.1. The van der Waals surface area contributed by atoms with Crippen LogP contribution < -0.4 is 36.8 Å². The molecule has 0 atom stereocenters. The average Bonchev–Trinajstić information content (AvgIpc) is 3.43. The van der Waals surface area contributed by atoms with Gasteiger partial charge in [-0.3, -0.25) is 0 Å². The minimum atomic E-state index is -0.908. The van der Waals surface area contributed by atoms with E-state index in [0.717, 1.165) is 23.0 Å². The molecule has 13 heteroatoms. The number of nitrogens with two attached hydrogens (primary N) is 1. The minimum absolute atomic E-state index is 0. The third-order valence-electron chi connectivity index (χ3n) is 5.41. The summed E-state index contributed by atoms with van der Waals surface area (Å²) in [5.41, 5.74) is 8.80. The monoisotopic (exact) mass is 521 g/mol. The Morgan fingerprint density at radius 2 is 1.47 bits per heavy atom. The molecule has 0 saturated heterocycles. The first-order valence-corrected chi connectivity index (χ1v) is 11.8. The van der Waals surface area contributed by atoms with Crippen LogP contribution in [0.15, 0.2) is 36.4 Å². The van der Waals surface area contributed by atoms with Crippen molar-refractivity contribution in [3.63, 3.8) is 0 Å². The van der Waals surface area contributed by atoms with Gasteiger partial charge in [-0.05, 0) is 49.6 Å². The molecule has 0 saturated carbocycles. The van der Waals surface area contributed by atoms with Gasteiger partial charge in [0.05, 0.1) is 26.4 Å². The first-order chi connectivity index (χ1) is 17.0. The highest BCUT2D eigenvalue weighted by atomic mass is 35.5. The van der Waals surface area contributed by atoms with E-state index in [0.29, 0.717) is 69.4 Å². The van der Waals surface area contributed by atoms with Crippen molar-refractivity contribution >= 4 is 43.6 Å². The fourth-order valence-electron chi connectivity index (χ4n) is 3.69. The molecule has 0 unspecified atom stereocenters. The summed E-state index contributed by atoms with van der Waals surface area (Å²) in [6, 6.07) is 11.1. The summed E-state index contributed by atoms with van der Waals surface area (Å²) in [6.45, 7) is 5.52. The Hall–Kier alpha value is -2.47. The van der Waals surface area contributed by atoms with Gasteiger partial charge in [-0.2, -0.15) is 0 Å². The van der Waals surface area contributed by atoms with Gasteiger partial charge in [-0.1, -0.05) is 24.3 Å². The van der Waals surface area contributed by atoms with Crippen molar-refractivity contribution < 1.29 is 33.6 Å². The molecule has 2 aliphatic rings. The van der Waals surface area contributed by atoms with E-state index < -0.39 is 14.2 Å². The lowest BCUT2D eigenvalue weighted by Crippen LogP contribution is -2.36. The summed E-state index contributed by atoms with van der Waals surface area (Å²) in [6.07, 6.45) is 1.50. The Morgan fingerprint density at radius 1 is 0.944 bits per heavy atom. The second kappa shape index (κ2) is 15.6. The van der Waals surface area contributed by atoms with Gasteiger partial charge in [0.2, 0.25) is 0 Å². The number of carbonyl (C=O) groups excluding carboxylic acids is 1. The number of nitrogens with one attached hydrogen (secondary N) is 2. The van der Waals surface area contributed by atoms with E-state index in [1.165, 1.54) is 0 Å². The van der Waals surface area contributed by atoms with Gasteiger partial charge < -0.3 is 45.2 Å². The van der Waals surface area contributed by atoms with E-state index in [9.17, 15) is 14.8 Å². The topological polar surface area (TPSA) is 145 Å². The van der Waals surface area contributed by atoms with E-state index in [4.69, 9.17) is 24.5 Å². The number of ether oxygens (including phenoxy) is 2. The summed E-state index contributed by atoms with van der Waals surface area (Å²) in [7, 11) is -1.76. The summed E-state index contributed by atoms with van der Waals surface area (Å²) in [5, 5.41) is 24.7. The van der Waals surface area contributed by atoms with Crippen molar-refractivity contribution in [3.8, 4) is 11.5 Å². The van der Waals surface area contributed by atoms with Crippen LogP contribution >= 0.6 is 12.4 Å². The lowest BCUT2D eigenvalue weighted by Gasteiger charge is -2.11. The molecule has 2 amide bonds. The Balaban J connectivity index is 0.000000256. The summed E-state index contributed by atoms with van der Waals surface area (Å²) >= 11 is 0. The Kier molecular flexibility index (Phi) is 12.9. The lowest BCUT2D eigenvalue weighted by atomic mass is 9.79. The zero-order valence-corrected chi connectivity index (χ0v) is 21.2. The quantitative estimate of drug-likeness (QED) is 0.218. The summed E-state index contributed by atoms with van der Waals surface area (Å²) in [4.78, 5) is 11.2. The number of urea groups is 1. The first kappa shape index (κ1) is 29.8. The second-order valence-electron chi connectivity index (χ2n) is 7.96. The van der Waals surface area contributed by atoms with Crippen LogP contribution in [-0.4, -0.2) is 63.2 Å². The van der Waals surface area contributed by atoms with Gasteiger partial charge in [0.15, 0.2) is 0 Å². The largest absolute Gasteiger partial charge is 0.495 e. The van der Waals surface area contributed by atoms with Crippen LogP contribution in [0.1, 0.15) is 30.9 Å². The number of amides is 2. The van der Waals surface area contributed by atoms with Crippen LogP contribution in [0.5, 0.6) is 11.5 Å². The van der Waals surface area contributed by atoms with Crippen LogP contribution in [0.3, 0.4) is 0 Å². The number of hydrogen-bond donors (Lipinski definition) is 5. The van der Waals surface area contributed by atoms with Crippen molar-refractivity contribution in [3.05, 3.63) is 47.5 Å². The molecule has 36 heavy (non-hydrogen) atoms. The third kappa shape index (κ3) is 8.29. The molecule has 196 valence electrons. The van der Waals surface area contributed by atoms with Gasteiger partial charge >= 0.3 is 20.3 Å². The third-order valence-corrected chi connectivity index (χ3v) is 5.41. The number of fused-ring (bicyclic) bond motifs is 2. The van der Waals surface area contributed by atoms with E-state index in [2.05, 4.69) is 10.6 Å². The highest BCUT2D eigenvalue weighted by molar-refractivity contribution is 6.63. The van der Waals surface area contributed by atoms with Crippen molar-refractivity contribution in [1.82, 2.24) is 10.6 Å². The number of halogens is 1. The molecule has 0 spiro atoms. The van der Waals surface area contributed by atoms with Crippen molar-refractivity contribution in [2.24, 2.45) is 5.73 Å². The average molecular weight is 522 g/mol. The van der Waals surface area contributed by atoms with E-state index in [-0.39, 0.29) is 18.4 Å². The molecule has 0 bridgehead atoms. The molecular weight excluding hydrogens is 487 g/mol. The zero-order valence-electron chi connectivity index (χ0n) is 20.4. The van der Waals surface area contributed by atoms with Crippen molar-refractivity contribution in [1.29, 1.82) is 0 Å². The number of benzene rings is 2. The van der Waals surface area contributed by atoms with Crippen LogP contribution in [0.2, 0.25) is 0 Å². The number of hydrogen-bond acceptors (Lipinski definition) is 8. The van der Waals surface area contributed by atoms with Crippen LogP contribution in [0.4, 0.5) is 4.79 Å². The molecule has 10 nitrogen and oxygen atoms in total. The molecule has 2 aliphatic heterocycles. The zero-order chi connectivity index (χ0) is 25.0. The minimum Gasteiger partial charge on any atom is -0.494 e. The standard InChI is InChI=1S/C13H19BN2O4.C10H14BNO3.ClH/c1-2-15-13(17)16-7-4-8-19-11-6-3-5-10-9-20-14(18)12(10)11;12-5-2-6-14-9-4-1-3-8-7-15-11(13)10(8)9;/h3,5-6,18H,2,4,7-9H2,1H3,(H2,15,16,17);1,3-4,13H,2,5-7,12H2;1H. The van der Waals surface area contributed by atoms with Crippen molar-refractivity contribution in [2.45, 2.75) is 33.0 Å². The fourth-order valence-corrected chi connectivity index (χ4v) is 3.69. The SMILES string of the molecule is CCNC(=O)NCCCOc1cccc2c1B(O)OC2.Cl.NCCCOc1cccc2c1B(O)OC2. The second-order valence-corrected chi connectivity index (χ2v) is 7.96. The van der Waals surface area contributed by atoms with Gasteiger partial charge in [-0.15, -0.1) is 12.4 Å². The molecule has 2 aromatic rings. The van der Waals surface area contributed by atoms with Crippen LogP contribution in [-0.2, 0) is 22.5 Å². The van der Waals surface area contributed by atoms with E-state index in [1.807, 2.05) is 43.3 Å². The van der Waals surface area contributed by atoms with Gasteiger partial charge in [-0.25, -0.2) is 4.79 Å². The van der Waals surface area contributed by atoms with Crippen LogP contribution in [0.25, 0.3) is 0 Å². The summed E-state index contributed by atoms with van der Waals surface area (Å²) < 4.78 is 21.5. The van der Waals surface area contributed by atoms with E-state index in [1.54, 1.807) is 0 Å². The predicted molar refractivity (Wildman–Crippen MR) is 141 cm³/mol. The van der Waals surface area contributed by atoms with Gasteiger partial charge in [0.1, 0.15) is 11.5 Å². The van der Waals surface area contributed by atoms with Gasteiger partial charge in [0.25, 0.3) is 0 Å². The molecule has 0 radical (unpaired) electrons. The molecule has 0 aromatic heterocycles. The number of carbonyl (C=O) groups is 1. The number of rotatable bonds is 10. The maximum absolute atomic E-state index is 11.2. The van der Waals surface area contributed by atoms with Crippen LogP contribution in [0, 0.1) is 0 Å². The highest BCUT2D eigenvalue weighted by Crippen LogP contribution is 2.19. The van der Waals surface area contributed by atoms with Gasteiger partial charge in [0, 0.05) is 24.0 Å². The first-order valence-electron chi connectivity index (χ1n) is 11.8. The summed E-state index contributed by atoms with van der Waals surface area (Å²) in [5.74, 6) is 1.34. The maximum atomic E-state index is 11.2. The molecule has 2 aromatic carbocycles. The molecule has 4 rings (SSSR count). The Bertz CT molecular complexity index is 973. The molecular formula is C23H34B2ClN3O7. The van der Waals surface area contributed by atoms with Crippen molar-refractivity contribution in [2.75, 3.05) is 32.8 Å². The smallest absolute Gasteiger partial charge is 0.494 e. The predicted octanol–water partition coefficient (Wildman–Crippen LogP) is 0.0460. The Morgan fingerprint density at radius 3 is 1.97 bits per heavy atom. The maximum Gasteiger partial charge on any atom is 0.495 e. The molecule has 0 fully saturated rings. The Labute approximate surface area is 218 Å². The van der Waals surface area contributed by atoms with E-state index >= 15 is 0 Å². The molecule has 0 aliphatic carbocycles. The highest BCUT2D eigenvalue weighted by Gasteiger charge is 2.31. The molecule has 2 heterocycles.